The fourth-order valence-corrected chi connectivity index (χ4v) is 2.30. The predicted molar refractivity (Wildman–Crippen MR) is 73.2 cm³/mol. The Morgan fingerprint density at radius 1 is 1.22 bits per heavy atom. The molecule has 0 N–H and O–H groups in total. The van der Waals surface area contributed by atoms with Crippen molar-refractivity contribution in [3.05, 3.63) is 47.3 Å². The number of hydrogen-bond donors (Lipinski definition) is 0. The largest absolute Gasteiger partial charge is 0.492 e. The molecular formula is C14H17ClN2O. The van der Waals surface area contributed by atoms with Crippen LogP contribution in [0.25, 0.3) is 0 Å². The van der Waals surface area contributed by atoms with Crippen molar-refractivity contribution >= 4 is 11.6 Å². The van der Waals surface area contributed by atoms with Crippen molar-refractivity contribution in [2.45, 2.75) is 26.3 Å². The highest BCUT2D eigenvalue weighted by Crippen LogP contribution is 2.15. The van der Waals surface area contributed by atoms with Crippen LogP contribution in [0.2, 0.25) is 0 Å². The minimum absolute atomic E-state index is 0.511. The van der Waals surface area contributed by atoms with Gasteiger partial charge in [0.2, 0.25) is 0 Å². The van der Waals surface area contributed by atoms with E-state index in [4.69, 9.17) is 16.3 Å². The van der Waals surface area contributed by atoms with Gasteiger partial charge in [0.15, 0.2) is 0 Å². The second kappa shape index (κ2) is 5.91. The van der Waals surface area contributed by atoms with Gasteiger partial charge in [-0.25, -0.2) is 0 Å². The van der Waals surface area contributed by atoms with Crippen molar-refractivity contribution in [2.75, 3.05) is 6.61 Å². The van der Waals surface area contributed by atoms with E-state index in [2.05, 4.69) is 5.10 Å². The van der Waals surface area contributed by atoms with Crippen molar-refractivity contribution in [3.63, 3.8) is 0 Å². The maximum atomic E-state index is 5.90. The molecule has 0 fully saturated rings. The van der Waals surface area contributed by atoms with E-state index in [0.29, 0.717) is 12.5 Å². The molecule has 0 aliphatic carbocycles. The third-order valence-corrected chi connectivity index (χ3v) is 3.25. The van der Waals surface area contributed by atoms with Crippen molar-refractivity contribution in [3.8, 4) is 5.75 Å². The molecule has 96 valence electrons. The van der Waals surface area contributed by atoms with Gasteiger partial charge in [0.1, 0.15) is 12.4 Å². The maximum Gasteiger partial charge on any atom is 0.119 e. The molecule has 0 aliphatic heterocycles. The molecule has 0 radical (unpaired) electrons. The second-order valence-corrected chi connectivity index (χ2v) is 4.43. The molecule has 2 aromatic rings. The van der Waals surface area contributed by atoms with E-state index in [1.807, 2.05) is 48.9 Å². The number of rotatable bonds is 5. The molecule has 3 nitrogen and oxygen atoms in total. The lowest BCUT2D eigenvalue weighted by Crippen LogP contribution is -2.11. The Balaban J connectivity index is 1.95. The number of aromatic nitrogens is 2. The summed E-state index contributed by atoms with van der Waals surface area (Å²) in [5, 5.41) is 4.46. The van der Waals surface area contributed by atoms with Crippen LogP contribution in [0.15, 0.2) is 30.3 Å². The standard InChI is InChI=1S/C14H17ClN2O/c1-11-14(10-15)12(2)17(16-11)8-9-18-13-6-4-3-5-7-13/h3-7H,8-10H2,1-2H3. The Morgan fingerprint density at radius 3 is 2.56 bits per heavy atom. The fourth-order valence-electron chi connectivity index (χ4n) is 1.91. The summed E-state index contributed by atoms with van der Waals surface area (Å²) in [5.74, 6) is 1.40. The van der Waals surface area contributed by atoms with E-state index in [1.54, 1.807) is 0 Å². The van der Waals surface area contributed by atoms with Gasteiger partial charge in [0.25, 0.3) is 0 Å². The highest BCUT2D eigenvalue weighted by atomic mass is 35.5. The number of halogens is 1. The van der Waals surface area contributed by atoms with Crippen LogP contribution in [0.3, 0.4) is 0 Å². The summed E-state index contributed by atoms with van der Waals surface area (Å²) < 4.78 is 7.61. The number of aryl methyl sites for hydroxylation is 1. The summed E-state index contributed by atoms with van der Waals surface area (Å²) in [4.78, 5) is 0. The average molecular weight is 265 g/mol. The molecule has 2 rings (SSSR count). The average Bonchev–Trinajstić information content (AvgIpc) is 2.65. The highest BCUT2D eigenvalue weighted by molar-refractivity contribution is 6.17. The maximum absolute atomic E-state index is 5.90. The first-order valence-corrected chi connectivity index (χ1v) is 6.52. The molecule has 1 heterocycles. The summed E-state index contributed by atoms with van der Waals surface area (Å²) >= 11 is 5.90. The molecule has 1 aromatic heterocycles. The van der Waals surface area contributed by atoms with Gasteiger partial charge in [-0.15, -0.1) is 11.6 Å². The molecule has 0 saturated heterocycles. The van der Waals surface area contributed by atoms with Gasteiger partial charge in [-0.2, -0.15) is 5.10 Å². The molecule has 0 saturated carbocycles. The number of ether oxygens (including phenoxy) is 1. The van der Waals surface area contributed by atoms with Gasteiger partial charge in [-0.1, -0.05) is 18.2 Å². The summed E-state index contributed by atoms with van der Waals surface area (Å²) in [6.07, 6.45) is 0. The van der Waals surface area contributed by atoms with Crippen molar-refractivity contribution in [2.24, 2.45) is 0 Å². The van der Waals surface area contributed by atoms with Crippen LogP contribution in [0.5, 0.6) is 5.75 Å². The molecule has 18 heavy (non-hydrogen) atoms. The zero-order valence-electron chi connectivity index (χ0n) is 10.7. The molecule has 4 heteroatoms. The summed E-state index contributed by atoms with van der Waals surface area (Å²) in [6, 6.07) is 9.80. The highest BCUT2D eigenvalue weighted by Gasteiger charge is 2.09. The topological polar surface area (TPSA) is 27.1 Å². The second-order valence-electron chi connectivity index (χ2n) is 4.17. The van der Waals surface area contributed by atoms with Gasteiger partial charge in [0, 0.05) is 11.3 Å². The normalized spacial score (nSPS) is 10.6. The third-order valence-electron chi connectivity index (χ3n) is 2.98. The SMILES string of the molecule is Cc1nn(CCOc2ccccc2)c(C)c1CCl. The Labute approximate surface area is 112 Å². The summed E-state index contributed by atoms with van der Waals surface area (Å²) in [5.41, 5.74) is 3.25. The predicted octanol–water partition coefficient (Wildman–Crippen LogP) is 3.32. The van der Waals surface area contributed by atoms with Gasteiger partial charge >= 0.3 is 0 Å². The minimum Gasteiger partial charge on any atom is -0.492 e. The first-order valence-electron chi connectivity index (χ1n) is 5.99. The van der Waals surface area contributed by atoms with Gasteiger partial charge < -0.3 is 4.74 Å². The van der Waals surface area contributed by atoms with E-state index in [1.165, 1.54) is 0 Å². The molecule has 1 aromatic carbocycles. The van der Waals surface area contributed by atoms with Crippen LogP contribution in [0.1, 0.15) is 17.0 Å². The first kappa shape index (κ1) is 13.0. The molecule has 0 atom stereocenters. The molecule has 0 amide bonds. The third kappa shape index (κ3) is 2.85. The first-order chi connectivity index (χ1) is 8.72. The Hall–Kier alpha value is -1.48. The van der Waals surface area contributed by atoms with Crippen molar-refractivity contribution in [1.29, 1.82) is 0 Å². The smallest absolute Gasteiger partial charge is 0.119 e. The Kier molecular flexibility index (Phi) is 4.26. The lowest BCUT2D eigenvalue weighted by atomic mass is 10.2. The Morgan fingerprint density at radius 2 is 1.94 bits per heavy atom. The van der Waals surface area contributed by atoms with Crippen LogP contribution < -0.4 is 4.74 Å². The molecule has 0 aliphatic rings. The van der Waals surface area contributed by atoms with Crippen molar-refractivity contribution < 1.29 is 4.74 Å². The van der Waals surface area contributed by atoms with Crippen LogP contribution in [-0.4, -0.2) is 16.4 Å². The van der Waals surface area contributed by atoms with Gasteiger partial charge in [0.05, 0.1) is 18.1 Å². The lowest BCUT2D eigenvalue weighted by molar-refractivity contribution is 0.289. The van der Waals surface area contributed by atoms with Crippen LogP contribution >= 0.6 is 11.6 Å². The molecule has 0 unspecified atom stereocenters. The van der Waals surface area contributed by atoms with Crippen LogP contribution in [-0.2, 0) is 12.4 Å². The zero-order chi connectivity index (χ0) is 13.0. The number of para-hydroxylation sites is 1. The Bertz CT molecular complexity index is 508. The number of benzene rings is 1. The van der Waals surface area contributed by atoms with Crippen LogP contribution in [0, 0.1) is 13.8 Å². The van der Waals surface area contributed by atoms with Crippen LogP contribution in [0.4, 0.5) is 0 Å². The molecule has 0 spiro atoms. The number of nitrogens with zero attached hydrogens (tertiary/aromatic N) is 2. The summed E-state index contributed by atoms with van der Waals surface area (Å²) in [7, 11) is 0. The quantitative estimate of drug-likeness (QED) is 0.775. The molecule has 0 bridgehead atoms. The zero-order valence-corrected chi connectivity index (χ0v) is 11.4. The van der Waals surface area contributed by atoms with Crippen molar-refractivity contribution in [1.82, 2.24) is 9.78 Å². The minimum atomic E-state index is 0.511. The van der Waals surface area contributed by atoms with Gasteiger partial charge in [-0.05, 0) is 26.0 Å². The monoisotopic (exact) mass is 264 g/mol. The van der Waals surface area contributed by atoms with E-state index < -0.39 is 0 Å². The summed E-state index contributed by atoms with van der Waals surface area (Å²) in [6.45, 7) is 5.37. The van der Waals surface area contributed by atoms with E-state index in [-0.39, 0.29) is 0 Å². The number of alkyl halides is 1. The van der Waals surface area contributed by atoms with E-state index in [0.717, 1.165) is 29.2 Å². The number of hydrogen-bond acceptors (Lipinski definition) is 2. The fraction of sp³-hybridized carbons (Fsp3) is 0.357. The van der Waals surface area contributed by atoms with Gasteiger partial charge in [-0.3, -0.25) is 4.68 Å². The molecular weight excluding hydrogens is 248 g/mol. The lowest BCUT2D eigenvalue weighted by Gasteiger charge is -2.07. The van der Waals surface area contributed by atoms with E-state index >= 15 is 0 Å². The van der Waals surface area contributed by atoms with E-state index in [9.17, 15) is 0 Å².